The molecule has 2 aliphatic heterocycles. The van der Waals surface area contributed by atoms with Gasteiger partial charge < -0.3 is 9.64 Å². The van der Waals surface area contributed by atoms with Gasteiger partial charge in [-0.05, 0) is 81.1 Å². The minimum atomic E-state index is -4.87. The molecule has 0 unspecified atom stereocenters. The highest BCUT2D eigenvalue weighted by Crippen LogP contribution is 2.68. The number of fused-ring (bicyclic) bond motifs is 5. The largest absolute Gasteiger partial charge is 0.471 e. The molecule has 8 atom stereocenters. The van der Waals surface area contributed by atoms with Gasteiger partial charge in [-0.3, -0.25) is 4.79 Å². The number of nitrogens with zero attached hydrogens (tertiary/aromatic N) is 1. The van der Waals surface area contributed by atoms with E-state index in [2.05, 4.69) is 0 Å². The van der Waals surface area contributed by atoms with Crippen molar-refractivity contribution in [2.75, 3.05) is 0 Å². The number of likely N-dealkylation sites (tertiary alicyclic amines) is 1. The van der Waals surface area contributed by atoms with Crippen LogP contribution in [0.15, 0.2) is 11.1 Å². The number of piperidine rings is 1. The van der Waals surface area contributed by atoms with E-state index in [4.69, 9.17) is 4.74 Å². The van der Waals surface area contributed by atoms with E-state index >= 15 is 0 Å². The summed E-state index contributed by atoms with van der Waals surface area (Å²) in [6, 6.07) is -0.932. The number of rotatable bonds is 0. The predicted octanol–water partition coefficient (Wildman–Crippen LogP) is 4.39. The number of esters is 1. The van der Waals surface area contributed by atoms with Crippen LogP contribution < -0.4 is 0 Å². The Balaban J connectivity index is 1.45. The maximum Gasteiger partial charge on any atom is 0.471 e. The molecule has 6 aliphatic rings. The number of alkyl halides is 3. The van der Waals surface area contributed by atoms with Crippen LogP contribution in [-0.2, 0) is 14.3 Å². The number of halogens is 3. The van der Waals surface area contributed by atoms with Crippen molar-refractivity contribution in [2.24, 2.45) is 29.6 Å². The molecule has 3 saturated carbocycles. The molecule has 164 valence electrons. The van der Waals surface area contributed by atoms with Crippen LogP contribution in [-0.4, -0.2) is 40.6 Å². The SMILES string of the molecule is C[C@H]1CC[C@@H]2[C@@H](C[C@H]3C[C@@]24OC(=O)C2=C4[C@@H]3[C@@H]3CCCC[C@H]3C2)N1C(=O)C(F)(F)F. The summed E-state index contributed by atoms with van der Waals surface area (Å²) >= 11 is 0. The molecule has 1 spiro atoms. The molecule has 4 nitrogen and oxygen atoms in total. The van der Waals surface area contributed by atoms with Gasteiger partial charge in [-0.15, -0.1) is 0 Å². The van der Waals surface area contributed by atoms with Crippen molar-refractivity contribution in [3.8, 4) is 0 Å². The zero-order chi connectivity index (χ0) is 21.0. The van der Waals surface area contributed by atoms with Gasteiger partial charge in [-0.2, -0.15) is 13.2 Å². The molecule has 1 saturated heterocycles. The Kier molecular flexibility index (Phi) is 3.86. The molecule has 4 fully saturated rings. The smallest absolute Gasteiger partial charge is 0.451 e. The average molecular weight is 423 g/mol. The first kappa shape index (κ1) is 19.2. The molecule has 0 N–H and O–H groups in total. The van der Waals surface area contributed by atoms with Crippen molar-refractivity contribution >= 4 is 11.9 Å². The lowest BCUT2D eigenvalue weighted by molar-refractivity contribution is -0.201. The number of hydrogen-bond donors (Lipinski definition) is 0. The summed E-state index contributed by atoms with van der Waals surface area (Å²) in [7, 11) is 0. The predicted molar refractivity (Wildman–Crippen MR) is 101 cm³/mol. The second-order valence-corrected chi connectivity index (χ2v) is 10.6. The fraction of sp³-hybridized carbons (Fsp3) is 0.826. The standard InChI is InChI=1S/C23H28F3NO3/c1-11-6-7-16-17(27(11)21(29)23(24,25)26)9-13-10-22(16)19-15(20(28)30-22)8-12-4-2-3-5-14(12)18(13)19/h11-14,16-18H,2-10H2,1H3/t11-,12-,13-,14+,16+,17+,18-,22+/m0/s1. The monoisotopic (exact) mass is 423 g/mol. The first-order valence-electron chi connectivity index (χ1n) is 11.6. The number of amides is 1. The number of ether oxygens (including phenoxy) is 1. The van der Waals surface area contributed by atoms with Gasteiger partial charge in [0.25, 0.3) is 0 Å². The molecular weight excluding hydrogens is 395 g/mol. The van der Waals surface area contributed by atoms with Gasteiger partial charge in [0.1, 0.15) is 5.60 Å². The van der Waals surface area contributed by atoms with Gasteiger partial charge in [0, 0.05) is 23.6 Å². The quantitative estimate of drug-likeness (QED) is 0.543. The van der Waals surface area contributed by atoms with E-state index in [0.717, 1.165) is 41.7 Å². The van der Waals surface area contributed by atoms with Gasteiger partial charge >= 0.3 is 18.1 Å². The summed E-state index contributed by atoms with van der Waals surface area (Å²) in [6.07, 6.45) is 3.16. The van der Waals surface area contributed by atoms with Crippen LogP contribution in [0.1, 0.15) is 64.7 Å². The summed E-state index contributed by atoms with van der Waals surface area (Å²) in [4.78, 5) is 26.5. The maximum absolute atomic E-state index is 13.5. The van der Waals surface area contributed by atoms with E-state index in [1.165, 1.54) is 12.8 Å². The van der Waals surface area contributed by atoms with E-state index in [1.807, 2.05) is 0 Å². The minimum absolute atomic E-state index is 0.210. The summed E-state index contributed by atoms with van der Waals surface area (Å²) < 4.78 is 46.5. The lowest BCUT2D eigenvalue weighted by Gasteiger charge is -2.53. The molecule has 6 rings (SSSR count). The Morgan fingerprint density at radius 2 is 1.90 bits per heavy atom. The molecule has 30 heavy (non-hydrogen) atoms. The Labute approximate surface area is 174 Å². The van der Waals surface area contributed by atoms with Crippen LogP contribution in [0.5, 0.6) is 0 Å². The molecule has 0 aromatic rings. The zero-order valence-corrected chi connectivity index (χ0v) is 17.2. The van der Waals surface area contributed by atoms with Crippen LogP contribution in [0.25, 0.3) is 0 Å². The van der Waals surface area contributed by atoms with Crippen molar-refractivity contribution in [3.63, 3.8) is 0 Å². The van der Waals surface area contributed by atoms with Gasteiger partial charge in [0.15, 0.2) is 0 Å². The van der Waals surface area contributed by atoms with Crippen molar-refractivity contribution in [3.05, 3.63) is 11.1 Å². The average Bonchev–Trinajstić information content (AvgIpc) is 3.11. The van der Waals surface area contributed by atoms with E-state index in [-0.39, 0.29) is 23.7 Å². The Hall–Kier alpha value is -1.53. The summed E-state index contributed by atoms with van der Waals surface area (Å²) in [5, 5.41) is 0. The van der Waals surface area contributed by atoms with Crippen LogP contribution in [0.4, 0.5) is 13.2 Å². The van der Waals surface area contributed by atoms with E-state index < -0.39 is 29.8 Å². The normalized spacial score (nSPS) is 46.9. The fourth-order valence-corrected chi connectivity index (χ4v) is 8.57. The van der Waals surface area contributed by atoms with Crippen molar-refractivity contribution in [1.29, 1.82) is 0 Å². The highest BCUT2D eigenvalue weighted by atomic mass is 19.4. The third-order valence-electron chi connectivity index (χ3n) is 9.42. The fourth-order valence-electron chi connectivity index (χ4n) is 8.57. The van der Waals surface area contributed by atoms with Crippen LogP contribution in [0.3, 0.4) is 0 Å². The Morgan fingerprint density at radius 3 is 2.67 bits per heavy atom. The van der Waals surface area contributed by atoms with E-state index in [9.17, 15) is 22.8 Å². The third-order valence-corrected chi connectivity index (χ3v) is 9.42. The molecule has 1 amide bonds. The van der Waals surface area contributed by atoms with Gasteiger partial charge in [0.05, 0.1) is 0 Å². The Bertz CT molecular complexity index is 851. The van der Waals surface area contributed by atoms with Gasteiger partial charge in [-0.1, -0.05) is 12.8 Å². The summed E-state index contributed by atoms with van der Waals surface area (Å²) in [5.41, 5.74) is 1.25. The van der Waals surface area contributed by atoms with E-state index in [0.29, 0.717) is 31.1 Å². The van der Waals surface area contributed by atoms with Crippen molar-refractivity contribution in [1.82, 2.24) is 4.90 Å². The molecule has 0 aromatic heterocycles. The molecule has 2 heterocycles. The summed E-state index contributed by atoms with van der Waals surface area (Å²) in [5.74, 6) is -0.678. The highest BCUT2D eigenvalue weighted by Gasteiger charge is 2.70. The van der Waals surface area contributed by atoms with Crippen LogP contribution in [0, 0.1) is 29.6 Å². The second-order valence-electron chi connectivity index (χ2n) is 10.6. The number of hydrogen-bond acceptors (Lipinski definition) is 3. The summed E-state index contributed by atoms with van der Waals surface area (Å²) in [6.45, 7) is 1.73. The first-order valence-corrected chi connectivity index (χ1v) is 11.6. The van der Waals surface area contributed by atoms with Crippen molar-refractivity contribution < 1.29 is 27.5 Å². The molecule has 7 heteroatoms. The first-order chi connectivity index (χ1) is 14.2. The zero-order valence-electron chi connectivity index (χ0n) is 17.2. The van der Waals surface area contributed by atoms with Gasteiger partial charge in [0.2, 0.25) is 0 Å². The Morgan fingerprint density at radius 1 is 1.13 bits per heavy atom. The number of carbonyl (C=O) groups excluding carboxylic acids is 2. The van der Waals surface area contributed by atoms with Gasteiger partial charge in [-0.25, -0.2) is 4.79 Å². The van der Waals surface area contributed by atoms with E-state index in [1.54, 1.807) is 6.92 Å². The lowest BCUT2D eigenvalue weighted by Crippen LogP contribution is -2.63. The molecule has 2 bridgehead atoms. The third kappa shape index (κ3) is 2.30. The highest BCUT2D eigenvalue weighted by molar-refractivity contribution is 5.94. The van der Waals surface area contributed by atoms with Crippen LogP contribution in [0.2, 0.25) is 0 Å². The lowest BCUT2D eigenvalue weighted by atomic mass is 9.62. The topological polar surface area (TPSA) is 46.6 Å². The number of carbonyl (C=O) groups is 2. The second kappa shape index (κ2) is 6.04. The molecule has 4 aliphatic carbocycles. The minimum Gasteiger partial charge on any atom is -0.451 e. The van der Waals surface area contributed by atoms with Crippen molar-refractivity contribution in [2.45, 2.75) is 88.6 Å². The molecular formula is C23H28F3NO3. The maximum atomic E-state index is 13.5. The molecule has 0 radical (unpaired) electrons. The molecule has 0 aromatic carbocycles. The van der Waals surface area contributed by atoms with Crippen LogP contribution >= 0.6 is 0 Å².